The highest BCUT2D eigenvalue weighted by molar-refractivity contribution is 6.37. The zero-order valence-corrected chi connectivity index (χ0v) is 25.5. The van der Waals surface area contributed by atoms with Gasteiger partial charge in [0.15, 0.2) is 5.78 Å². The molecule has 3 aromatic rings. The molecule has 2 aliphatic rings. The molecule has 0 radical (unpaired) electrons. The Balaban J connectivity index is 1.39. The van der Waals surface area contributed by atoms with Crippen molar-refractivity contribution in [2.75, 3.05) is 6.54 Å². The van der Waals surface area contributed by atoms with Crippen molar-refractivity contribution in [3.8, 4) is 5.75 Å². The van der Waals surface area contributed by atoms with Crippen LogP contribution in [0.25, 0.3) is 0 Å². The molecule has 0 saturated carbocycles. The molecule has 0 N–H and O–H groups in total. The Morgan fingerprint density at radius 1 is 0.837 bits per heavy atom. The second-order valence-corrected chi connectivity index (χ2v) is 11.8. The number of hydrogen-bond donors (Lipinski definition) is 0. The third-order valence-corrected chi connectivity index (χ3v) is 8.36. The molecule has 0 unspecified atom stereocenters. The van der Waals surface area contributed by atoms with Gasteiger partial charge < -0.3 is 4.74 Å². The number of allylic oxidation sites excluding steroid dienone is 2. The van der Waals surface area contributed by atoms with Crippen molar-refractivity contribution < 1.29 is 28.7 Å². The molecule has 3 amide bonds. The first-order valence-corrected chi connectivity index (χ1v) is 14.6. The summed E-state index contributed by atoms with van der Waals surface area (Å²) in [6.45, 7) is 1.24. The number of carbonyl (C=O) groups excluding carboxylic acids is 5. The van der Waals surface area contributed by atoms with Gasteiger partial charge in [-0.2, -0.15) is 5.01 Å². The Kier molecular flexibility index (Phi) is 8.94. The lowest BCUT2D eigenvalue weighted by molar-refractivity contribution is -0.154. The Morgan fingerprint density at radius 3 is 2.02 bits per heavy atom. The quantitative estimate of drug-likeness (QED) is 0.0882. The van der Waals surface area contributed by atoms with Crippen LogP contribution in [0.15, 0.2) is 72.3 Å². The SMILES string of the molecule is CC1=CC[C@H]2C(=O)N(N(CC(=O)c3ccc(OC(=O)c4ccc(Cl)cc4Cl)cc3)C(=O)c3ccc(Cl)cc3Cl)C(=O)[C@@H]2C1. The first kappa shape index (κ1) is 30.8. The maximum absolute atomic E-state index is 13.8. The summed E-state index contributed by atoms with van der Waals surface area (Å²) in [5.41, 5.74) is 1.18. The van der Waals surface area contributed by atoms with Gasteiger partial charge in [0.05, 0.1) is 33.0 Å². The number of halogens is 4. The van der Waals surface area contributed by atoms with Crippen LogP contribution in [0.2, 0.25) is 20.1 Å². The summed E-state index contributed by atoms with van der Waals surface area (Å²) >= 11 is 24.3. The lowest BCUT2D eigenvalue weighted by Crippen LogP contribution is -2.52. The van der Waals surface area contributed by atoms with Crippen molar-refractivity contribution in [1.29, 1.82) is 0 Å². The Labute approximate surface area is 266 Å². The number of hydrogen-bond acceptors (Lipinski definition) is 6. The van der Waals surface area contributed by atoms with Crippen LogP contribution < -0.4 is 4.74 Å². The highest BCUT2D eigenvalue weighted by Crippen LogP contribution is 2.39. The molecular formula is C31H22Cl4N2O6. The Morgan fingerprint density at radius 2 is 1.42 bits per heavy atom. The number of esters is 1. The molecule has 1 saturated heterocycles. The minimum atomic E-state index is -0.814. The van der Waals surface area contributed by atoms with Crippen LogP contribution >= 0.6 is 46.4 Å². The van der Waals surface area contributed by atoms with Crippen molar-refractivity contribution >= 4 is 75.9 Å². The van der Waals surface area contributed by atoms with Crippen molar-refractivity contribution in [2.24, 2.45) is 11.8 Å². The molecule has 1 aliphatic carbocycles. The Bertz CT molecular complexity index is 1700. The van der Waals surface area contributed by atoms with E-state index in [1.807, 2.05) is 13.0 Å². The van der Waals surface area contributed by atoms with E-state index < -0.39 is 47.9 Å². The maximum atomic E-state index is 13.8. The number of hydrazine groups is 1. The summed E-state index contributed by atoms with van der Waals surface area (Å²) in [5, 5.41) is 2.37. The van der Waals surface area contributed by atoms with Gasteiger partial charge in [0.1, 0.15) is 12.3 Å². The predicted octanol–water partition coefficient (Wildman–Crippen LogP) is 7.10. The fourth-order valence-electron chi connectivity index (χ4n) is 5.05. The van der Waals surface area contributed by atoms with Crippen molar-refractivity contribution in [1.82, 2.24) is 10.0 Å². The molecule has 0 aromatic heterocycles. The van der Waals surface area contributed by atoms with E-state index in [1.165, 1.54) is 60.7 Å². The fraction of sp³-hybridized carbons (Fsp3) is 0.194. The van der Waals surface area contributed by atoms with Gasteiger partial charge in [0.25, 0.3) is 17.7 Å². The van der Waals surface area contributed by atoms with Gasteiger partial charge in [-0.3, -0.25) is 19.2 Å². The average molecular weight is 660 g/mol. The molecule has 3 aromatic carbocycles. The van der Waals surface area contributed by atoms with Gasteiger partial charge in [-0.05, 0) is 80.4 Å². The Hall–Kier alpha value is -3.69. The van der Waals surface area contributed by atoms with Crippen LogP contribution in [0.3, 0.4) is 0 Å². The number of rotatable bonds is 7. The summed E-state index contributed by atoms with van der Waals surface area (Å²) in [7, 11) is 0. The number of fused-ring (bicyclic) bond motifs is 1. The van der Waals surface area contributed by atoms with Gasteiger partial charge in [-0.1, -0.05) is 58.1 Å². The largest absolute Gasteiger partial charge is 0.423 e. The smallest absolute Gasteiger partial charge is 0.345 e. The molecule has 220 valence electrons. The summed E-state index contributed by atoms with van der Waals surface area (Å²) < 4.78 is 5.36. The van der Waals surface area contributed by atoms with E-state index in [1.54, 1.807) is 0 Å². The monoisotopic (exact) mass is 658 g/mol. The minimum Gasteiger partial charge on any atom is -0.423 e. The number of benzene rings is 3. The van der Waals surface area contributed by atoms with E-state index in [4.69, 9.17) is 51.1 Å². The van der Waals surface area contributed by atoms with E-state index in [-0.39, 0.29) is 37.5 Å². The number of amides is 3. The molecule has 1 aliphatic heterocycles. The number of nitrogens with zero attached hydrogens (tertiary/aromatic N) is 2. The van der Waals surface area contributed by atoms with Crippen LogP contribution in [0, 0.1) is 11.8 Å². The van der Waals surface area contributed by atoms with Gasteiger partial charge in [0.2, 0.25) is 0 Å². The molecule has 8 nitrogen and oxygen atoms in total. The third kappa shape index (κ3) is 6.33. The van der Waals surface area contributed by atoms with E-state index >= 15 is 0 Å². The van der Waals surface area contributed by atoms with E-state index in [0.717, 1.165) is 15.6 Å². The molecule has 0 spiro atoms. The van der Waals surface area contributed by atoms with Crippen LogP contribution in [0.4, 0.5) is 0 Å². The lowest BCUT2D eigenvalue weighted by Gasteiger charge is -2.30. The number of imide groups is 1. The van der Waals surface area contributed by atoms with Crippen LogP contribution in [0.5, 0.6) is 5.75 Å². The zero-order valence-electron chi connectivity index (χ0n) is 22.5. The normalized spacial score (nSPS) is 17.8. The highest BCUT2D eigenvalue weighted by Gasteiger charge is 2.52. The second-order valence-electron chi connectivity index (χ2n) is 10.1. The van der Waals surface area contributed by atoms with Crippen LogP contribution in [0.1, 0.15) is 50.8 Å². The number of carbonyl (C=O) groups is 5. The van der Waals surface area contributed by atoms with Crippen LogP contribution in [-0.2, 0) is 9.59 Å². The summed E-state index contributed by atoms with van der Waals surface area (Å²) in [6.07, 6.45) is 2.64. The number of ether oxygens (including phenoxy) is 1. The number of Topliss-reactive ketones (excluding diaryl/α,β-unsaturated/α-hetero) is 1. The predicted molar refractivity (Wildman–Crippen MR) is 162 cm³/mol. The summed E-state index contributed by atoms with van der Waals surface area (Å²) in [6, 6.07) is 14.1. The minimum absolute atomic E-state index is 0.00377. The first-order valence-electron chi connectivity index (χ1n) is 13.1. The molecule has 1 fully saturated rings. The molecule has 1 heterocycles. The van der Waals surface area contributed by atoms with Crippen molar-refractivity contribution in [2.45, 2.75) is 19.8 Å². The number of ketones is 1. The molecule has 12 heteroatoms. The maximum Gasteiger partial charge on any atom is 0.345 e. The van der Waals surface area contributed by atoms with E-state index in [9.17, 15) is 24.0 Å². The lowest BCUT2D eigenvalue weighted by atomic mass is 9.82. The zero-order chi connectivity index (χ0) is 31.0. The van der Waals surface area contributed by atoms with Gasteiger partial charge in [0, 0.05) is 15.6 Å². The molecule has 0 bridgehead atoms. The summed E-state index contributed by atoms with van der Waals surface area (Å²) in [4.78, 5) is 66.7. The van der Waals surface area contributed by atoms with Gasteiger partial charge >= 0.3 is 5.97 Å². The topological polar surface area (TPSA) is 101 Å². The summed E-state index contributed by atoms with van der Waals surface area (Å²) in [5.74, 6) is -4.38. The molecule has 2 atom stereocenters. The van der Waals surface area contributed by atoms with Gasteiger partial charge in [-0.15, -0.1) is 0 Å². The van der Waals surface area contributed by atoms with Crippen molar-refractivity contribution in [3.63, 3.8) is 0 Å². The standard InChI is InChI=1S/C31H22Cl4N2O6/c1-16-2-9-21-24(12-16)30(41)37(29(21)40)36(28(39)22-10-5-18(32)13-25(22)34)15-27(38)17-3-7-20(8-4-17)43-31(42)23-11-6-19(33)14-26(23)35/h2-8,10-11,13-14,21,24H,9,12,15H2,1H3/t21-,24-/m1/s1. The van der Waals surface area contributed by atoms with Gasteiger partial charge in [-0.25, -0.2) is 9.80 Å². The third-order valence-electron chi connectivity index (χ3n) is 7.27. The van der Waals surface area contributed by atoms with E-state index in [0.29, 0.717) is 17.9 Å². The molecule has 5 rings (SSSR count). The van der Waals surface area contributed by atoms with Crippen LogP contribution in [-0.4, -0.2) is 46.0 Å². The second kappa shape index (κ2) is 12.5. The van der Waals surface area contributed by atoms with Crippen molar-refractivity contribution in [3.05, 3.63) is 109 Å². The first-order chi connectivity index (χ1) is 20.4. The molecule has 43 heavy (non-hydrogen) atoms. The fourth-order valence-corrected chi connectivity index (χ4v) is 6.02. The average Bonchev–Trinajstić information content (AvgIpc) is 3.20. The highest BCUT2D eigenvalue weighted by atomic mass is 35.5. The molecular weight excluding hydrogens is 638 g/mol. The van der Waals surface area contributed by atoms with E-state index in [2.05, 4.69) is 0 Å².